The molecule has 124 valence electrons. The third kappa shape index (κ3) is 3.31. The number of aromatic nitrogens is 4. The van der Waals surface area contributed by atoms with E-state index in [9.17, 15) is 18.5 Å². The van der Waals surface area contributed by atoms with E-state index >= 15 is 0 Å². The van der Waals surface area contributed by atoms with Gasteiger partial charge in [-0.3, -0.25) is 10.1 Å². The van der Waals surface area contributed by atoms with E-state index in [-0.39, 0.29) is 16.4 Å². The summed E-state index contributed by atoms with van der Waals surface area (Å²) in [6.07, 6.45) is 4.49. The van der Waals surface area contributed by atoms with Gasteiger partial charge in [0.1, 0.15) is 10.8 Å². The van der Waals surface area contributed by atoms with Crippen molar-refractivity contribution < 1.29 is 13.3 Å². The Hall–Kier alpha value is -2.66. The summed E-state index contributed by atoms with van der Waals surface area (Å²) in [5, 5.41) is 19.0. The number of non-ortho nitro benzene ring substituents is 1. The van der Waals surface area contributed by atoms with Crippen molar-refractivity contribution in [2.45, 2.75) is 10.8 Å². The fourth-order valence-corrected chi connectivity index (χ4v) is 3.78. The number of nitrogens with one attached hydrogen (secondary N) is 1. The highest BCUT2D eigenvalue weighted by Crippen LogP contribution is 2.28. The molecule has 2 aromatic heterocycles. The molecule has 0 saturated heterocycles. The van der Waals surface area contributed by atoms with Crippen molar-refractivity contribution in [3.63, 3.8) is 0 Å². The number of sulfone groups is 1. The number of nitro groups is 1. The fourth-order valence-electron chi connectivity index (χ4n) is 2.11. The summed E-state index contributed by atoms with van der Waals surface area (Å²) in [5.74, 6) is 0.563. The van der Waals surface area contributed by atoms with Gasteiger partial charge in [0.15, 0.2) is 0 Å². The summed E-state index contributed by atoms with van der Waals surface area (Å²) < 4.78 is 22.9. The summed E-state index contributed by atoms with van der Waals surface area (Å²) in [6, 6.07) is 4.42. The van der Waals surface area contributed by atoms with E-state index in [1.165, 1.54) is 12.1 Å². The normalized spacial score (nSPS) is 11.5. The molecule has 0 aliphatic rings. The summed E-state index contributed by atoms with van der Waals surface area (Å²) >= 11 is 0.944. The van der Waals surface area contributed by atoms with Crippen molar-refractivity contribution in [1.82, 2.24) is 20.2 Å². The maximum absolute atomic E-state index is 11.5. The second-order valence-corrected chi connectivity index (χ2v) is 8.20. The Morgan fingerprint density at radius 1 is 1.33 bits per heavy atom. The predicted molar refractivity (Wildman–Crippen MR) is 86.5 cm³/mol. The summed E-state index contributed by atoms with van der Waals surface area (Å²) in [6.45, 7) is 0. The highest BCUT2D eigenvalue weighted by atomic mass is 32.2. The lowest BCUT2D eigenvalue weighted by atomic mass is 10.0. The molecule has 1 N–H and O–H groups in total. The lowest BCUT2D eigenvalue weighted by Crippen LogP contribution is -1.96. The third-order valence-corrected chi connectivity index (χ3v) is 5.75. The van der Waals surface area contributed by atoms with Crippen LogP contribution in [0.1, 0.15) is 10.6 Å². The van der Waals surface area contributed by atoms with Crippen LogP contribution in [0.15, 0.2) is 34.9 Å². The molecule has 0 spiro atoms. The van der Waals surface area contributed by atoms with Gasteiger partial charge in [-0.15, -0.1) is 10.2 Å². The number of aromatic amines is 1. The van der Waals surface area contributed by atoms with Crippen LogP contribution >= 0.6 is 11.3 Å². The Balaban J connectivity index is 2.03. The van der Waals surface area contributed by atoms with E-state index in [1.807, 2.05) is 0 Å². The number of benzene rings is 1. The van der Waals surface area contributed by atoms with Crippen molar-refractivity contribution in [2.75, 3.05) is 6.26 Å². The van der Waals surface area contributed by atoms with Gasteiger partial charge in [-0.1, -0.05) is 11.3 Å². The van der Waals surface area contributed by atoms with Gasteiger partial charge in [-0.05, 0) is 11.6 Å². The molecule has 0 saturated carbocycles. The molecule has 0 amide bonds. The topological polar surface area (TPSA) is 132 Å². The van der Waals surface area contributed by atoms with Crippen LogP contribution in [0.3, 0.4) is 0 Å². The fraction of sp³-hybridized carbons (Fsp3) is 0.154. The standard InChI is InChI=1S/C13H11N5O4S2/c1-24(21,22)13-17-16-11(23-13)7-8-6-9(18(19)20)2-3-10(8)12-14-4-5-15-12/h2-6H,7H2,1H3,(H,14,15). The number of hydrogen-bond acceptors (Lipinski definition) is 8. The molecule has 0 atom stereocenters. The Kier molecular flexibility index (Phi) is 4.11. The minimum atomic E-state index is -3.43. The number of imidazole rings is 1. The van der Waals surface area contributed by atoms with Crippen LogP contribution in [-0.2, 0) is 16.3 Å². The van der Waals surface area contributed by atoms with Crippen LogP contribution < -0.4 is 0 Å². The number of hydrogen-bond donors (Lipinski definition) is 1. The smallest absolute Gasteiger partial charge is 0.269 e. The molecule has 0 radical (unpaired) electrons. The summed E-state index contributed by atoms with van der Waals surface area (Å²) in [7, 11) is -3.43. The maximum Gasteiger partial charge on any atom is 0.269 e. The van der Waals surface area contributed by atoms with Crippen LogP contribution in [0.2, 0.25) is 0 Å². The zero-order valence-electron chi connectivity index (χ0n) is 12.3. The van der Waals surface area contributed by atoms with Crippen LogP contribution in [0, 0.1) is 10.1 Å². The molecule has 0 fully saturated rings. The molecule has 2 heterocycles. The highest BCUT2D eigenvalue weighted by Gasteiger charge is 2.18. The number of nitrogens with zero attached hydrogens (tertiary/aromatic N) is 4. The van der Waals surface area contributed by atoms with Gasteiger partial charge < -0.3 is 4.98 Å². The van der Waals surface area contributed by atoms with E-state index in [2.05, 4.69) is 20.2 Å². The van der Waals surface area contributed by atoms with Crippen LogP contribution in [0.5, 0.6) is 0 Å². The molecule has 0 bridgehead atoms. The van der Waals surface area contributed by atoms with Crippen molar-refractivity contribution in [3.8, 4) is 11.4 Å². The molecule has 0 aliphatic heterocycles. The van der Waals surface area contributed by atoms with Crippen molar-refractivity contribution in [2.24, 2.45) is 0 Å². The first-order valence-electron chi connectivity index (χ1n) is 6.64. The molecule has 3 aromatic rings. The second-order valence-electron chi connectivity index (χ2n) is 4.95. The molecule has 3 rings (SSSR count). The SMILES string of the molecule is CS(=O)(=O)c1nnc(Cc2cc([N+](=O)[O-])ccc2-c2ncc[nH]2)s1. The number of nitro benzene ring substituents is 1. The zero-order valence-corrected chi connectivity index (χ0v) is 14.0. The van der Waals surface area contributed by atoms with Gasteiger partial charge in [-0.2, -0.15) is 0 Å². The molecule has 1 aromatic carbocycles. The molecule has 24 heavy (non-hydrogen) atoms. The molecular weight excluding hydrogens is 354 g/mol. The van der Waals surface area contributed by atoms with Gasteiger partial charge in [0.25, 0.3) is 5.69 Å². The van der Waals surface area contributed by atoms with Crippen molar-refractivity contribution >= 4 is 26.9 Å². The average Bonchev–Trinajstić information content (AvgIpc) is 3.17. The van der Waals surface area contributed by atoms with Gasteiger partial charge >= 0.3 is 0 Å². The Morgan fingerprint density at radius 2 is 2.12 bits per heavy atom. The van der Waals surface area contributed by atoms with Gasteiger partial charge in [0.2, 0.25) is 14.2 Å². The summed E-state index contributed by atoms with van der Waals surface area (Å²) in [4.78, 5) is 17.6. The first-order valence-corrected chi connectivity index (χ1v) is 9.35. The van der Waals surface area contributed by atoms with E-state index in [0.29, 0.717) is 22.0 Å². The molecule has 9 nitrogen and oxygen atoms in total. The largest absolute Gasteiger partial charge is 0.345 e. The van der Waals surface area contributed by atoms with Crippen LogP contribution in [-0.4, -0.2) is 39.8 Å². The Labute approximate surface area is 140 Å². The van der Waals surface area contributed by atoms with E-state index in [1.54, 1.807) is 18.5 Å². The number of rotatable bonds is 5. The van der Waals surface area contributed by atoms with E-state index in [0.717, 1.165) is 17.6 Å². The van der Waals surface area contributed by atoms with Crippen LogP contribution in [0.25, 0.3) is 11.4 Å². The molecular formula is C13H11N5O4S2. The van der Waals surface area contributed by atoms with Crippen molar-refractivity contribution in [1.29, 1.82) is 0 Å². The van der Waals surface area contributed by atoms with Crippen molar-refractivity contribution in [3.05, 3.63) is 51.3 Å². The quantitative estimate of drug-likeness (QED) is 0.539. The monoisotopic (exact) mass is 365 g/mol. The lowest BCUT2D eigenvalue weighted by molar-refractivity contribution is -0.384. The first-order chi connectivity index (χ1) is 11.3. The molecule has 0 aliphatic carbocycles. The highest BCUT2D eigenvalue weighted by molar-refractivity contribution is 7.92. The number of H-pyrrole nitrogens is 1. The second kappa shape index (κ2) is 6.09. The van der Waals surface area contributed by atoms with Crippen LogP contribution in [0.4, 0.5) is 5.69 Å². The lowest BCUT2D eigenvalue weighted by Gasteiger charge is -2.05. The minimum absolute atomic E-state index is 0.0619. The Bertz CT molecular complexity index is 995. The van der Waals surface area contributed by atoms with Gasteiger partial charge in [-0.25, -0.2) is 13.4 Å². The Morgan fingerprint density at radius 3 is 2.71 bits per heavy atom. The third-order valence-electron chi connectivity index (χ3n) is 3.16. The molecule has 11 heteroatoms. The van der Waals surface area contributed by atoms with E-state index < -0.39 is 14.8 Å². The predicted octanol–water partition coefficient (Wildman–Crippen LogP) is 1.83. The maximum atomic E-state index is 11.5. The first kappa shape index (κ1) is 16.2. The summed E-state index contributed by atoms with van der Waals surface area (Å²) in [5.41, 5.74) is 1.23. The van der Waals surface area contributed by atoms with Gasteiger partial charge in [0.05, 0.1) is 4.92 Å². The average molecular weight is 365 g/mol. The zero-order chi connectivity index (χ0) is 17.3. The van der Waals surface area contributed by atoms with E-state index in [4.69, 9.17) is 0 Å². The molecule has 0 unspecified atom stereocenters. The van der Waals surface area contributed by atoms with Gasteiger partial charge in [0, 0.05) is 42.8 Å². The minimum Gasteiger partial charge on any atom is -0.345 e.